The number of pyridine rings is 1. The summed E-state index contributed by atoms with van der Waals surface area (Å²) in [5.41, 5.74) is 2.93. The van der Waals surface area contributed by atoms with Gasteiger partial charge in [-0.05, 0) is 24.1 Å². The molecule has 0 fully saturated rings. The van der Waals surface area contributed by atoms with Crippen LogP contribution >= 0.6 is 0 Å². The molecule has 0 spiro atoms. The van der Waals surface area contributed by atoms with Crippen molar-refractivity contribution in [1.29, 1.82) is 0 Å². The molecular weight excluding hydrogens is 406 g/mol. The van der Waals surface area contributed by atoms with Crippen LogP contribution in [-0.2, 0) is 11.2 Å². The Morgan fingerprint density at radius 2 is 1.94 bits per heavy atom. The van der Waals surface area contributed by atoms with Crippen LogP contribution in [0.3, 0.4) is 0 Å². The predicted molar refractivity (Wildman–Crippen MR) is 121 cm³/mol. The Balaban J connectivity index is 1.62. The average Bonchev–Trinajstić information content (AvgIpc) is 3.23. The van der Waals surface area contributed by atoms with Gasteiger partial charge in [-0.3, -0.25) is 19.7 Å². The smallest absolute Gasteiger partial charge is 0.272 e. The number of carbonyl (C=O) groups is 1. The summed E-state index contributed by atoms with van der Waals surface area (Å²) in [6, 6.07) is 15.8. The molecule has 0 radical (unpaired) electrons. The zero-order chi connectivity index (χ0) is 22.7. The molecule has 8 nitrogen and oxygen atoms in total. The van der Waals surface area contributed by atoms with Crippen molar-refractivity contribution in [2.75, 3.05) is 7.11 Å². The molecule has 8 heteroatoms. The lowest BCUT2D eigenvalue weighted by Crippen LogP contribution is -2.34. The number of H-pyrrole nitrogens is 1. The third-order valence-electron chi connectivity index (χ3n) is 5.26. The minimum Gasteiger partial charge on any atom is -0.496 e. The Labute approximate surface area is 185 Å². The topological polar surface area (TPSA) is 101 Å². The summed E-state index contributed by atoms with van der Waals surface area (Å²) in [5, 5.41) is 6.07. The number of nitrogens with one attached hydrogen (secondary N) is 2. The Hall–Kier alpha value is -3.94. The summed E-state index contributed by atoms with van der Waals surface area (Å²) in [7, 11) is 1.58. The number of carbonyl (C=O) groups excluding carboxylic acids is 1. The van der Waals surface area contributed by atoms with Crippen LogP contribution in [0.25, 0.3) is 17.0 Å². The molecule has 1 aromatic carbocycles. The maximum absolute atomic E-state index is 12.8. The van der Waals surface area contributed by atoms with Crippen molar-refractivity contribution < 1.29 is 9.53 Å². The highest BCUT2D eigenvalue weighted by atomic mass is 16.5. The first-order chi connectivity index (χ1) is 15.5. The maximum Gasteiger partial charge on any atom is 0.272 e. The van der Waals surface area contributed by atoms with Crippen LogP contribution in [0.2, 0.25) is 0 Å². The van der Waals surface area contributed by atoms with E-state index in [-0.39, 0.29) is 23.8 Å². The number of ether oxygens (including phenoxy) is 1. The number of benzene rings is 1. The van der Waals surface area contributed by atoms with E-state index in [1.54, 1.807) is 19.4 Å². The Bertz CT molecular complexity index is 1290. The molecular formula is C24H25N5O3. The van der Waals surface area contributed by atoms with Crippen LogP contribution in [0.15, 0.2) is 65.6 Å². The molecule has 0 saturated carbocycles. The normalized spacial score (nSPS) is 12.1. The summed E-state index contributed by atoms with van der Waals surface area (Å²) in [4.78, 5) is 34.6. The fourth-order valence-electron chi connectivity index (χ4n) is 3.65. The monoisotopic (exact) mass is 431 g/mol. The van der Waals surface area contributed by atoms with Crippen molar-refractivity contribution in [3.05, 3.63) is 82.4 Å². The van der Waals surface area contributed by atoms with Gasteiger partial charge in [-0.15, -0.1) is 0 Å². The highest BCUT2D eigenvalue weighted by molar-refractivity contribution is 5.79. The number of methoxy groups -OCH3 is 1. The lowest BCUT2D eigenvalue weighted by Gasteiger charge is -2.22. The maximum atomic E-state index is 12.8. The Morgan fingerprint density at radius 3 is 2.66 bits per heavy atom. The molecule has 0 aliphatic rings. The molecule has 0 bridgehead atoms. The van der Waals surface area contributed by atoms with E-state index in [0.717, 1.165) is 5.56 Å². The van der Waals surface area contributed by atoms with Crippen molar-refractivity contribution in [2.45, 2.75) is 26.3 Å². The standard InChI is InChI=1S/C24H25N5O3/c1-15(2)24(27-22(30)12-16-8-4-5-10-20(16)32-3)19-14-23(31)29-21(26-19)13-18(28-29)17-9-6-7-11-25-17/h4-11,13-15,24,28H,12H2,1-3H3,(H,27,30)/t24-/m0/s1. The van der Waals surface area contributed by atoms with Gasteiger partial charge in [0.2, 0.25) is 5.91 Å². The summed E-state index contributed by atoms with van der Waals surface area (Å²) in [6.45, 7) is 3.96. The van der Waals surface area contributed by atoms with Gasteiger partial charge in [-0.25, -0.2) is 9.50 Å². The molecule has 4 rings (SSSR count). The third kappa shape index (κ3) is 4.39. The fourth-order valence-corrected chi connectivity index (χ4v) is 3.65. The molecule has 2 N–H and O–H groups in total. The number of aromatic amines is 1. The van der Waals surface area contributed by atoms with Crippen molar-refractivity contribution in [3.8, 4) is 17.1 Å². The summed E-state index contributed by atoms with van der Waals surface area (Å²) >= 11 is 0. The van der Waals surface area contributed by atoms with Gasteiger partial charge in [0, 0.05) is 23.9 Å². The van der Waals surface area contributed by atoms with E-state index < -0.39 is 6.04 Å². The number of nitrogens with zero attached hydrogens (tertiary/aromatic N) is 3. The van der Waals surface area contributed by atoms with E-state index in [1.165, 1.54) is 10.6 Å². The number of rotatable bonds is 7. The predicted octanol–water partition coefficient (Wildman–Crippen LogP) is 3.15. The van der Waals surface area contributed by atoms with Gasteiger partial charge < -0.3 is 10.1 Å². The van der Waals surface area contributed by atoms with Gasteiger partial charge in [-0.1, -0.05) is 38.1 Å². The minimum atomic E-state index is -0.414. The second kappa shape index (κ2) is 9.05. The second-order valence-electron chi connectivity index (χ2n) is 7.88. The Kier molecular flexibility index (Phi) is 6.02. The SMILES string of the molecule is COc1ccccc1CC(=O)N[C@H](c1cc(=O)n2[nH]c(-c3ccccn3)cc2n1)C(C)C. The Morgan fingerprint density at radius 1 is 1.16 bits per heavy atom. The fraction of sp³-hybridized carbons (Fsp3) is 0.250. The molecule has 3 aromatic heterocycles. The molecule has 1 amide bonds. The van der Waals surface area contributed by atoms with Gasteiger partial charge in [0.05, 0.1) is 36.7 Å². The van der Waals surface area contributed by atoms with Gasteiger partial charge in [0.1, 0.15) is 5.75 Å². The minimum absolute atomic E-state index is 0.0279. The number of aromatic nitrogens is 4. The second-order valence-corrected chi connectivity index (χ2v) is 7.88. The highest BCUT2D eigenvalue weighted by Crippen LogP contribution is 2.23. The van der Waals surface area contributed by atoms with Crippen molar-refractivity contribution in [2.24, 2.45) is 5.92 Å². The molecule has 0 aliphatic carbocycles. The van der Waals surface area contributed by atoms with E-state index in [9.17, 15) is 9.59 Å². The van der Waals surface area contributed by atoms with E-state index in [2.05, 4.69) is 20.4 Å². The van der Waals surface area contributed by atoms with Crippen LogP contribution in [0.1, 0.15) is 31.1 Å². The van der Waals surface area contributed by atoms with Crippen molar-refractivity contribution in [3.63, 3.8) is 0 Å². The van der Waals surface area contributed by atoms with E-state index in [1.807, 2.05) is 56.3 Å². The number of fused-ring (bicyclic) bond motifs is 1. The quantitative estimate of drug-likeness (QED) is 0.468. The third-order valence-corrected chi connectivity index (χ3v) is 5.26. The lowest BCUT2D eigenvalue weighted by atomic mass is 10.00. The summed E-state index contributed by atoms with van der Waals surface area (Å²) < 4.78 is 6.72. The van der Waals surface area contributed by atoms with Gasteiger partial charge in [0.25, 0.3) is 5.56 Å². The van der Waals surface area contributed by atoms with Crippen LogP contribution in [0, 0.1) is 5.92 Å². The van der Waals surface area contributed by atoms with E-state index in [0.29, 0.717) is 28.5 Å². The van der Waals surface area contributed by atoms with E-state index in [4.69, 9.17) is 4.74 Å². The molecule has 0 saturated heterocycles. The number of amides is 1. The largest absolute Gasteiger partial charge is 0.496 e. The highest BCUT2D eigenvalue weighted by Gasteiger charge is 2.22. The average molecular weight is 431 g/mol. The van der Waals surface area contributed by atoms with Crippen LogP contribution in [-0.4, -0.2) is 32.6 Å². The number of hydrogen-bond acceptors (Lipinski definition) is 5. The van der Waals surface area contributed by atoms with Crippen molar-refractivity contribution >= 4 is 11.6 Å². The zero-order valence-corrected chi connectivity index (χ0v) is 18.2. The molecule has 1 atom stereocenters. The molecule has 0 unspecified atom stereocenters. The molecule has 0 aliphatic heterocycles. The molecule has 164 valence electrons. The molecule has 32 heavy (non-hydrogen) atoms. The zero-order valence-electron chi connectivity index (χ0n) is 18.2. The summed E-state index contributed by atoms with van der Waals surface area (Å²) in [6.07, 6.45) is 1.86. The molecule has 3 heterocycles. The van der Waals surface area contributed by atoms with Crippen molar-refractivity contribution in [1.82, 2.24) is 24.9 Å². The first-order valence-electron chi connectivity index (χ1n) is 10.4. The molecule has 4 aromatic rings. The van der Waals surface area contributed by atoms with Gasteiger partial charge in [0.15, 0.2) is 5.65 Å². The first kappa shape index (κ1) is 21.3. The lowest BCUT2D eigenvalue weighted by molar-refractivity contribution is -0.121. The van der Waals surface area contributed by atoms with E-state index >= 15 is 0 Å². The summed E-state index contributed by atoms with van der Waals surface area (Å²) in [5.74, 6) is 0.523. The van der Waals surface area contributed by atoms with Crippen LogP contribution in [0.5, 0.6) is 5.75 Å². The van der Waals surface area contributed by atoms with Gasteiger partial charge in [-0.2, -0.15) is 0 Å². The number of hydrogen-bond donors (Lipinski definition) is 2. The van der Waals surface area contributed by atoms with Gasteiger partial charge >= 0.3 is 0 Å². The number of para-hydroxylation sites is 1. The van der Waals surface area contributed by atoms with Crippen LogP contribution < -0.4 is 15.6 Å². The van der Waals surface area contributed by atoms with Crippen LogP contribution in [0.4, 0.5) is 0 Å². The first-order valence-corrected chi connectivity index (χ1v) is 10.4.